The normalized spacial score (nSPS) is 17.0. The Balaban J connectivity index is 1.62. The highest BCUT2D eigenvalue weighted by atomic mass is 32.1. The number of hydrogen-bond donors (Lipinski definition) is 0. The first kappa shape index (κ1) is 16.2. The van der Waals surface area contributed by atoms with Gasteiger partial charge in [0, 0.05) is 22.4 Å². The molecule has 0 saturated carbocycles. The van der Waals surface area contributed by atoms with Gasteiger partial charge in [-0.05, 0) is 58.6 Å². The molecule has 1 aliphatic rings. The van der Waals surface area contributed by atoms with E-state index in [1.54, 1.807) is 47.0 Å². The number of rotatable bonds is 3. The molecule has 3 aromatic rings. The van der Waals surface area contributed by atoms with Gasteiger partial charge in [-0.25, -0.2) is 4.39 Å². The van der Waals surface area contributed by atoms with Crippen molar-refractivity contribution in [3.63, 3.8) is 0 Å². The summed E-state index contributed by atoms with van der Waals surface area (Å²) < 4.78 is 13.0. The summed E-state index contributed by atoms with van der Waals surface area (Å²) in [7, 11) is 0. The van der Waals surface area contributed by atoms with E-state index in [9.17, 15) is 9.18 Å². The zero-order chi connectivity index (χ0) is 17.2. The lowest BCUT2D eigenvalue weighted by molar-refractivity contribution is -0.127. The predicted molar refractivity (Wildman–Crippen MR) is 101 cm³/mol. The van der Waals surface area contributed by atoms with Gasteiger partial charge in [0.2, 0.25) is 5.91 Å². The maximum atomic E-state index is 13.0. The SMILES string of the molecule is O=C(/C=C/c1ccc(F)cc1)N1CCc2sccc2[C@H]1c1cccs1. The topological polar surface area (TPSA) is 20.3 Å². The standard InChI is InChI=1S/C20H16FNOS2/c21-15-6-3-14(4-7-15)5-8-19(23)22-11-9-17-16(10-13-25-17)20(22)18-2-1-12-24-18/h1-8,10,12-13,20H,9,11H2/b8-5+/t20-/m0/s1. The van der Waals surface area contributed by atoms with Crippen LogP contribution in [0.5, 0.6) is 0 Å². The van der Waals surface area contributed by atoms with E-state index in [2.05, 4.69) is 17.5 Å². The first-order chi connectivity index (χ1) is 12.2. The van der Waals surface area contributed by atoms with Crippen LogP contribution >= 0.6 is 22.7 Å². The number of nitrogens with zero attached hydrogens (tertiary/aromatic N) is 1. The lowest BCUT2D eigenvalue weighted by atomic mass is 9.98. The monoisotopic (exact) mass is 369 g/mol. The van der Waals surface area contributed by atoms with Gasteiger partial charge in [-0.3, -0.25) is 4.79 Å². The van der Waals surface area contributed by atoms with E-state index in [1.807, 2.05) is 16.3 Å². The number of halogens is 1. The summed E-state index contributed by atoms with van der Waals surface area (Å²) in [4.78, 5) is 17.3. The Bertz CT molecular complexity index is 896. The summed E-state index contributed by atoms with van der Waals surface area (Å²) in [6.07, 6.45) is 4.23. The van der Waals surface area contributed by atoms with Crippen LogP contribution in [0.3, 0.4) is 0 Å². The van der Waals surface area contributed by atoms with Gasteiger partial charge in [0.15, 0.2) is 0 Å². The van der Waals surface area contributed by atoms with Crippen molar-refractivity contribution in [3.05, 3.63) is 86.0 Å². The lowest BCUT2D eigenvalue weighted by Crippen LogP contribution is -2.38. The Morgan fingerprint density at radius 2 is 1.96 bits per heavy atom. The van der Waals surface area contributed by atoms with Gasteiger partial charge >= 0.3 is 0 Å². The molecule has 0 spiro atoms. The minimum atomic E-state index is -0.276. The van der Waals surface area contributed by atoms with E-state index in [0.717, 1.165) is 12.0 Å². The van der Waals surface area contributed by atoms with E-state index >= 15 is 0 Å². The molecular formula is C20H16FNOS2. The van der Waals surface area contributed by atoms with Gasteiger partial charge in [-0.2, -0.15) is 0 Å². The average molecular weight is 369 g/mol. The molecule has 0 saturated heterocycles. The van der Waals surface area contributed by atoms with Crippen LogP contribution in [0, 0.1) is 5.82 Å². The van der Waals surface area contributed by atoms with E-state index in [1.165, 1.54) is 27.5 Å². The number of thiophene rings is 2. The largest absolute Gasteiger partial charge is 0.327 e. The average Bonchev–Trinajstić information content (AvgIpc) is 3.31. The van der Waals surface area contributed by atoms with Crippen molar-refractivity contribution in [2.24, 2.45) is 0 Å². The summed E-state index contributed by atoms with van der Waals surface area (Å²) in [6.45, 7) is 0.711. The van der Waals surface area contributed by atoms with Gasteiger partial charge in [-0.1, -0.05) is 18.2 Å². The third-order valence-electron chi connectivity index (χ3n) is 4.35. The van der Waals surface area contributed by atoms with Gasteiger partial charge < -0.3 is 4.90 Å². The van der Waals surface area contributed by atoms with Crippen molar-refractivity contribution in [1.82, 2.24) is 4.90 Å². The zero-order valence-corrected chi connectivity index (χ0v) is 15.0. The molecule has 0 unspecified atom stereocenters. The smallest absolute Gasteiger partial charge is 0.247 e. The Labute approximate surface area is 153 Å². The molecule has 1 atom stereocenters. The molecule has 0 fully saturated rings. The molecule has 0 bridgehead atoms. The molecule has 0 radical (unpaired) electrons. The molecule has 5 heteroatoms. The number of hydrogen-bond acceptors (Lipinski definition) is 3. The van der Waals surface area contributed by atoms with Crippen LogP contribution < -0.4 is 0 Å². The van der Waals surface area contributed by atoms with Crippen molar-refractivity contribution in [3.8, 4) is 0 Å². The molecule has 126 valence electrons. The maximum absolute atomic E-state index is 13.0. The van der Waals surface area contributed by atoms with Crippen LogP contribution in [0.2, 0.25) is 0 Å². The van der Waals surface area contributed by atoms with Crippen molar-refractivity contribution in [1.29, 1.82) is 0 Å². The van der Waals surface area contributed by atoms with Crippen LogP contribution in [-0.4, -0.2) is 17.4 Å². The number of benzene rings is 1. The van der Waals surface area contributed by atoms with Crippen molar-refractivity contribution in [2.45, 2.75) is 12.5 Å². The summed E-state index contributed by atoms with van der Waals surface area (Å²) in [5.74, 6) is -0.290. The molecule has 2 aromatic heterocycles. The molecule has 2 nitrogen and oxygen atoms in total. The first-order valence-corrected chi connectivity index (χ1v) is 9.82. The van der Waals surface area contributed by atoms with Crippen molar-refractivity contribution >= 4 is 34.7 Å². The fraction of sp³-hybridized carbons (Fsp3) is 0.150. The van der Waals surface area contributed by atoms with Gasteiger partial charge in [0.25, 0.3) is 0 Å². The summed E-state index contributed by atoms with van der Waals surface area (Å²) in [5.41, 5.74) is 2.05. The van der Waals surface area contributed by atoms with Gasteiger partial charge in [0.05, 0.1) is 6.04 Å². The van der Waals surface area contributed by atoms with Crippen LogP contribution in [0.4, 0.5) is 4.39 Å². The molecule has 1 aromatic carbocycles. The van der Waals surface area contributed by atoms with E-state index < -0.39 is 0 Å². The molecule has 25 heavy (non-hydrogen) atoms. The molecule has 1 aliphatic heterocycles. The molecule has 0 aliphatic carbocycles. The van der Waals surface area contributed by atoms with Crippen LogP contribution in [0.15, 0.2) is 59.3 Å². The Kier molecular flexibility index (Phi) is 4.51. The molecular weight excluding hydrogens is 353 g/mol. The highest BCUT2D eigenvalue weighted by Crippen LogP contribution is 2.39. The van der Waals surface area contributed by atoms with Crippen molar-refractivity contribution < 1.29 is 9.18 Å². The number of amides is 1. The number of fused-ring (bicyclic) bond motifs is 1. The summed E-state index contributed by atoms with van der Waals surface area (Å²) >= 11 is 3.44. The molecule has 3 heterocycles. The summed E-state index contributed by atoms with van der Waals surface area (Å²) in [5, 5.41) is 4.15. The zero-order valence-electron chi connectivity index (χ0n) is 13.4. The van der Waals surface area contributed by atoms with Crippen LogP contribution in [0.1, 0.15) is 26.9 Å². The minimum absolute atomic E-state index is 0.0135. The van der Waals surface area contributed by atoms with E-state index in [4.69, 9.17) is 0 Å². The molecule has 0 N–H and O–H groups in total. The minimum Gasteiger partial charge on any atom is -0.327 e. The maximum Gasteiger partial charge on any atom is 0.247 e. The Morgan fingerprint density at radius 1 is 1.12 bits per heavy atom. The Morgan fingerprint density at radius 3 is 2.72 bits per heavy atom. The van der Waals surface area contributed by atoms with Crippen LogP contribution in [0.25, 0.3) is 6.08 Å². The number of carbonyl (C=O) groups excluding carboxylic acids is 1. The highest BCUT2D eigenvalue weighted by Gasteiger charge is 2.32. The molecule has 4 rings (SSSR count). The third kappa shape index (κ3) is 3.30. The second-order valence-corrected chi connectivity index (χ2v) is 7.86. The van der Waals surface area contributed by atoms with Crippen LogP contribution in [-0.2, 0) is 11.2 Å². The Hall–Kier alpha value is -2.24. The van der Waals surface area contributed by atoms with Gasteiger partial charge in [-0.15, -0.1) is 22.7 Å². The third-order valence-corrected chi connectivity index (χ3v) is 6.27. The van der Waals surface area contributed by atoms with E-state index in [0.29, 0.717) is 6.54 Å². The summed E-state index contributed by atoms with van der Waals surface area (Å²) in [6, 6.07) is 12.4. The fourth-order valence-electron chi connectivity index (χ4n) is 3.14. The highest BCUT2D eigenvalue weighted by molar-refractivity contribution is 7.10. The number of carbonyl (C=O) groups is 1. The van der Waals surface area contributed by atoms with E-state index in [-0.39, 0.29) is 17.8 Å². The second-order valence-electron chi connectivity index (χ2n) is 5.88. The lowest BCUT2D eigenvalue weighted by Gasteiger charge is -2.34. The fourth-order valence-corrected chi connectivity index (χ4v) is 4.90. The first-order valence-electron chi connectivity index (χ1n) is 8.06. The van der Waals surface area contributed by atoms with Gasteiger partial charge in [0.1, 0.15) is 5.82 Å². The molecule has 1 amide bonds. The quantitative estimate of drug-likeness (QED) is 0.586. The van der Waals surface area contributed by atoms with Crippen molar-refractivity contribution in [2.75, 3.05) is 6.54 Å². The predicted octanol–water partition coefficient (Wildman–Crippen LogP) is 5.14. The second kappa shape index (κ2) is 6.94.